The first-order valence-electron chi connectivity index (χ1n) is 9.48. The number of phenols is 1. The van der Waals surface area contributed by atoms with Crippen molar-refractivity contribution in [1.29, 1.82) is 0 Å². The Morgan fingerprint density at radius 2 is 1.75 bits per heavy atom. The molecular weight excluding hydrogens is 352 g/mol. The molecule has 28 heavy (non-hydrogen) atoms. The monoisotopic (exact) mass is 374 g/mol. The van der Waals surface area contributed by atoms with Crippen LogP contribution in [-0.2, 0) is 11.3 Å². The normalized spacial score (nSPS) is 16.3. The minimum absolute atomic E-state index is 0.0608. The average Bonchev–Trinajstić information content (AvgIpc) is 3.22. The number of rotatable bonds is 4. The fraction of sp³-hybridized carbons (Fsp3) is 0.217. The molecule has 0 spiro atoms. The van der Waals surface area contributed by atoms with Crippen molar-refractivity contribution >= 4 is 22.6 Å². The van der Waals surface area contributed by atoms with Gasteiger partial charge in [0, 0.05) is 13.1 Å². The Hall–Kier alpha value is -3.34. The lowest BCUT2D eigenvalue weighted by Gasteiger charge is -2.24. The Bertz CT molecular complexity index is 1030. The van der Waals surface area contributed by atoms with Crippen LogP contribution in [-0.4, -0.2) is 34.4 Å². The van der Waals surface area contributed by atoms with E-state index in [4.69, 9.17) is 0 Å². The first-order chi connectivity index (χ1) is 13.6. The maximum atomic E-state index is 12.8. The number of likely N-dealkylation sites (tertiary alicyclic amines) is 1. The summed E-state index contributed by atoms with van der Waals surface area (Å²) in [5.74, 6) is -0.524. The van der Waals surface area contributed by atoms with Crippen LogP contribution in [0.2, 0.25) is 0 Å². The molecule has 2 amide bonds. The first kappa shape index (κ1) is 18.0. The molecule has 0 aromatic heterocycles. The van der Waals surface area contributed by atoms with E-state index in [1.54, 1.807) is 23.1 Å². The number of benzene rings is 3. The third-order valence-corrected chi connectivity index (χ3v) is 5.28. The summed E-state index contributed by atoms with van der Waals surface area (Å²) in [5.41, 5.74) is 1.28. The van der Waals surface area contributed by atoms with E-state index in [9.17, 15) is 14.7 Å². The van der Waals surface area contributed by atoms with Crippen molar-refractivity contribution in [2.75, 3.05) is 6.54 Å². The van der Waals surface area contributed by atoms with Crippen molar-refractivity contribution in [1.82, 2.24) is 10.2 Å². The highest BCUT2D eigenvalue weighted by atomic mass is 16.3. The Morgan fingerprint density at radius 1 is 1.00 bits per heavy atom. The van der Waals surface area contributed by atoms with Gasteiger partial charge < -0.3 is 15.3 Å². The van der Waals surface area contributed by atoms with Crippen molar-refractivity contribution in [3.63, 3.8) is 0 Å². The van der Waals surface area contributed by atoms with E-state index >= 15 is 0 Å². The molecule has 5 heteroatoms. The van der Waals surface area contributed by atoms with Crippen LogP contribution in [0.4, 0.5) is 0 Å². The Labute approximate surface area is 163 Å². The molecule has 1 atom stereocenters. The van der Waals surface area contributed by atoms with Gasteiger partial charge in [0.2, 0.25) is 5.91 Å². The molecule has 3 aromatic rings. The van der Waals surface area contributed by atoms with Crippen molar-refractivity contribution in [3.8, 4) is 5.75 Å². The lowest BCUT2D eigenvalue weighted by atomic mass is 10.0. The number of amides is 2. The molecule has 0 aliphatic carbocycles. The van der Waals surface area contributed by atoms with E-state index in [0.717, 1.165) is 22.8 Å². The molecular formula is C23H22N2O3. The standard InChI is InChI=1S/C23H22N2O3/c26-21-13-4-3-11-19(21)23(28)25-14-6-12-20(25)22(27)24-15-17-9-5-8-16-7-1-2-10-18(16)17/h1-5,7-11,13,20,26H,6,12,14-15H2,(H,24,27). The van der Waals surface area contributed by atoms with Crippen LogP contribution in [0.3, 0.4) is 0 Å². The molecule has 2 N–H and O–H groups in total. The summed E-state index contributed by atoms with van der Waals surface area (Å²) in [6.45, 7) is 0.925. The molecule has 1 fully saturated rings. The van der Waals surface area contributed by atoms with Gasteiger partial charge >= 0.3 is 0 Å². The highest BCUT2D eigenvalue weighted by Gasteiger charge is 2.35. The minimum Gasteiger partial charge on any atom is -0.507 e. The van der Waals surface area contributed by atoms with Crippen LogP contribution >= 0.6 is 0 Å². The Kier molecular flexibility index (Phi) is 4.98. The zero-order chi connectivity index (χ0) is 19.5. The van der Waals surface area contributed by atoms with Crippen LogP contribution in [0.25, 0.3) is 10.8 Å². The number of hydrogen-bond donors (Lipinski definition) is 2. The summed E-state index contributed by atoms with van der Waals surface area (Å²) in [6.07, 6.45) is 1.40. The van der Waals surface area contributed by atoms with Gasteiger partial charge in [0.05, 0.1) is 5.56 Å². The minimum atomic E-state index is -0.512. The number of hydrogen-bond acceptors (Lipinski definition) is 3. The zero-order valence-corrected chi connectivity index (χ0v) is 15.5. The number of nitrogens with zero attached hydrogens (tertiary/aromatic N) is 1. The number of phenolic OH excluding ortho intramolecular Hbond substituents is 1. The molecule has 3 aromatic carbocycles. The van der Waals surface area contributed by atoms with Crippen molar-refractivity contribution in [2.45, 2.75) is 25.4 Å². The molecule has 0 radical (unpaired) electrons. The van der Waals surface area contributed by atoms with E-state index in [0.29, 0.717) is 19.5 Å². The second-order valence-electron chi connectivity index (χ2n) is 7.03. The second-order valence-corrected chi connectivity index (χ2v) is 7.03. The highest BCUT2D eigenvalue weighted by Crippen LogP contribution is 2.25. The maximum absolute atomic E-state index is 12.8. The fourth-order valence-electron chi connectivity index (χ4n) is 3.84. The van der Waals surface area contributed by atoms with Gasteiger partial charge in [0.1, 0.15) is 11.8 Å². The summed E-state index contributed by atoms with van der Waals surface area (Å²) >= 11 is 0. The molecule has 1 unspecified atom stereocenters. The van der Waals surface area contributed by atoms with Gasteiger partial charge in [-0.05, 0) is 41.3 Å². The van der Waals surface area contributed by atoms with Gasteiger partial charge in [-0.3, -0.25) is 9.59 Å². The van der Waals surface area contributed by atoms with Crippen molar-refractivity contribution < 1.29 is 14.7 Å². The summed E-state index contributed by atoms with van der Waals surface area (Å²) in [6, 6.07) is 20.0. The topological polar surface area (TPSA) is 69.6 Å². The smallest absolute Gasteiger partial charge is 0.258 e. The maximum Gasteiger partial charge on any atom is 0.258 e. The third kappa shape index (κ3) is 3.43. The lowest BCUT2D eigenvalue weighted by molar-refractivity contribution is -0.125. The van der Waals surface area contributed by atoms with Gasteiger partial charge in [0.15, 0.2) is 0 Å². The quantitative estimate of drug-likeness (QED) is 0.735. The van der Waals surface area contributed by atoms with E-state index in [1.807, 2.05) is 42.5 Å². The summed E-state index contributed by atoms with van der Waals surface area (Å²) in [7, 11) is 0. The highest BCUT2D eigenvalue weighted by molar-refractivity contribution is 6.00. The number of carbonyl (C=O) groups is 2. The number of carbonyl (C=O) groups excluding carboxylic acids is 2. The first-order valence-corrected chi connectivity index (χ1v) is 9.48. The van der Waals surface area contributed by atoms with Gasteiger partial charge in [-0.15, -0.1) is 0 Å². The average molecular weight is 374 g/mol. The summed E-state index contributed by atoms with van der Waals surface area (Å²) in [5, 5.41) is 15.2. The predicted molar refractivity (Wildman–Crippen MR) is 108 cm³/mol. The molecule has 0 bridgehead atoms. The number of fused-ring (bicyclic) bond motifs is 1. The van der Waals surface area contributed by atoms with Crippen LogP contribution < -0.4 is 5.32 Å². The molecule has 142 valence electrons. The lowest BCUT2D eigenvalue weighted by Crippen LogP contribution is -2.45. The van der Waals surface area contributed by atoms with Crippen LogP contribution in [0.1, 0.15) is 28.8 Å². The van der Waals surface area contributed by atoms with E-state index in [-0.39, 0.29) is 23.1 Å². The molecule has 4 rings (SSSR count). The predicted octanol–water partition coefficient (Wildman–Crippen LogP) is 3.47. The van der Waals surface area contributed by atoms with Gasteiger partial charge in [-0.2, -0.15) is 0 Å². The largest absolute Gasteiger partial charge is 0.507 e. The summed E-state index contributed by atoms with van der Waals surface area (Å²) in [4.78, 5) is 27.2. The van der Waals surface area contributed by atoms with Crippen LogP contribution in [0, 0.1) is 0 Å². The van der Waals surface area contributed by atoms with Crippen LogP contribution in [0.15, 0.2) is 66.7 Å². The number of aromatic hydroxyl groups is 1. The van der Waals surface area contributed by atoms with Crippen molar-refractivity contribution in [2.24, 2.45) is 0 Å². The van der Waals surface area contributed by atoms with Gasteiger partial charge in [-0.25, -0.2) is 0 Å². The van der Waals surface area contributed by atoms with E-state index < -0.39 is 6.04 Å². The molecule has 1 saturated heterocycles. The molecule has 0 saturated carbocycles. The second kappa shape index (κ2) is 7.72. The SMILES string of the molecule is O=C(NCc1cccc2ccccc12)C1CCCN1C(=O)c1ccccc1O. The van der Waals surface area contributed by atoms with E-state index in [2.05, 4.69) is 5.32 Å². The Balaban J connectivity index is 1.48. The molecule has 1 aliphatic rings. The zero-order valence-electron chi connectivity index (χ0n) is 15.5. The number of nitrogens with one attached hydrogen (secondary N) is 1. The Morgan fingerprint density at radius 3 is 2.61 bits per heavy atom. The van der Waals surface area contributed by atoms with Crippen molar-refractivity contribution in [3.05, 3.63) is 77.9 Å². The van der Waals surface area contributed by atoms with Gasteiger partial charge in [-0.1, -0.05) is 54.6 Å². The third-order valence-electron chi connectivity index (χ3n) is 5.28. The van der Waals surface area contributed by atoms with E-state index in [1.165, 1.54) is 6.07 Å². The summed E-state index contributed by atoms with van der Waals surface area (Å²) < 4.78 is 0. The van der Waals surface area contributed by atoms with Gasteiger partial charge in [0.25, 0.3) is 5.91 Å². The number of para-hydroxylation sites is 1. The molecule has 1 heterocycles. The van der Waals surface area contributed by atoms with Crippen LogP contribution in [0.5, 0.6) is 5.75 Å². The molecule has 1 aliphatic heterocycles. The molecule has 5 nitrogen and oxygen atoms in total. The fourth-order valence-corrected chi connectivity index (χ4v) is 3.84.